The van der Waals surface area contributed by atoms with E-state index in [-0.39, 0.29) is 5.56 Å². The lowest BCUT2D eigenvalue weighted by molar-refractivity contribution is 0.0949. The zero-order valence-corrected chi connectivity index (χ0v) is 21.2. The smallest absolute Gasteiger partial charge is 0.254 e. The Morgan fingerprint density at radius 3 is 2.68 bits per heavy atom. The lowest BCUT2D eigenvalue weighted by Crippen LogP contribution is -2.25. The zero-order chi connectivity index (χ0) is 26.0. The first kappa shape index (κ1) is 25.9. The number of carbonyl (C=O) groups is 1. The lowest BCUT2D eigenvalue weighted by atomic mass is 10.2. The van der Waals surface area contributed by atoms with Gasteiger partial charge >= 0.3 is 0 Å². The van der Waals surface area contributed by atoms with Crippen LogP contribution in [0.5, 0.6) is 11.5 Å². The van der Waals surface area contributed by atoms with Crippen molar-refractivity contribution in [2.45, 2.75) is 32.7 Å². The van der Waals surface area contributed by atoms with E-state index in [2.05, 4.69) is 16.0 Å². The number of allylic oxidation sites excluding steroid dienone is 1. The molecule has 0 aliphatic carbocycles. The minimum atomic E-state index is -0.518. The molecule has 0 radical (unpaired) electrons. The summed E-state index contributed by atoms with van der Waals surface area (Å²) in [5, 5.41) is 2.80. The molecule has 1 heterocycles. The number of aromatic nitrogens is 2. The highest BCUT2D eigenvalue weighted by molar-refractivity contribution is 5.94. The molecule has 0 fully saturated rings. The number of fused-ring (bicyclic) bond motifs is 1. The van der Waals surface area contributed by atoms with E-state index in [4.69, 9.17) is 14.5 Å². The van der Waals surface area contributed by atoms with Crippen LogP contribution in [-0.2, 0) is 13.0 Å². The highest BCUT2D eigenvalue weighted by atomic mass is 19.1. The molecule has 3 aromatic carbocycles. The average molecular weight is 502 g/mol. The number of ether oxygens (including phenoxy) is 2. The normalized spacial score (nSPS) is 11.2. The summed E-state index contributed by atoms with van der Waals surface area (Å²) in [7, 11) is 1.64. The van der Waals surface area contributed by atoms with Crippen LogP contribution < -0.4 is 14.8 Å². The standard InChI is InChI=1S/C30H32FN3O3/c1-3-10-22-16-17-27(28(21-22)36-2)37-20-9-19-34-26-14-7-6-13-25(26)33-29(34)15-8-18-32-30(35)23-11-4-5-12-24(23)31/h3-7,10-14,16-17,21H,8-9,15,18-20H2,1-2H3,(H,32,35)/b10-3+. The van der Waals surface area contributed by atoms with Crippen molar-refractivity contribution in [1.29, 1.82) is 0 Å². The third-order valence-electron chi connectivity index (χ3n) is 6.05. The molecule has 4 aromatic rings. The first-order chi connectivity index (χ1) is 18.1. The van der Waals surface area contributed by atoms with E-state index in [1.807, 2.05) is 55.5 Å². The van der Waals surface area contributed by atoms with E-state index in [9.17, 15) is 9.18 Å². The van der Waals surface area contributed by atoms with Crippen LogP contribution in [0.4, 0.5) is 4.39 Å². The number of aryl methyl sites for hydroxylation is 2. The van der Waals surface area contributed by atoms with Gasteiger partial charge in [-0.15, -0.1) is 0 Å². The Kier molecular flexibility index (Phi) is 8.92. The number of nitrogens with one attached hydrogen (secondary N) is 1. The topological polar surface area (TPSA) is 65.4 Å². The van der Waals surface area contributed by atoms with Gasteiger partial charge in [0.05, 0.1) is 30.3 Å². The molecule has 1 N–H and O–H groups in total. The van der Waals surface area contributed by atoms with Crippen LogP contribution in [0.25, 0.3) is 17.1 Å². The molecule has 6 nitrogen and oxygen atoms in total. The van der Waals surface area contributed by atoms with Crippen molar-refractivity contribution in [1.82, 2.24) is 14.9 Å². The summed E-state index contributed by atoms with van der Waals surface area (Å²) >= 11 is 0. The van der Waals surface area contributed by atoms with E-state index in [1.54, 1.807) is 19.2 Å². The van der Waals surface area contributed by atoms with Crippen LogP contribution in [0, 0.1) is 5.82 Å². The number of amides is 1. The Morgan fingerprint density at radius 2 is 1.86 bits per heavy atom. The summed E-state index contributed by atoms with van der Waals surface area (Å²) in [6.45, 7) is 3.69. The minimum absolute atomic E-state index is 0.0582. The van der Waals surface area contributed by atoms with Gasteiger partial charge in [-0.25, -0.2) is 9.37 Å². The average Bonchev–Trinajstić information content (AvgIpc) is 3.27. The fourth-order valence-electron chi connectivity index (χ4n) is 4.26. The summed E-state index contributed by atoms with van der Waals surface area (Å²) in [5.41, 5.74) is 3.13. The van der Waals surface area contributed by atoms with E-state index in [0.29, 0.717) is 31.7 Å². The van der Waals surface area contributed by atoms with Crippen LogP contribution in [0.2, 0.25) is 0 Å². The molecule has 1 amide bonds. The fraction of sp³-hybridized carbons (Fsp3) is 0.267. The molecule has 0 bridgehead atoms. The zero-order valence-electron chi connectivity index (χ0n) is 21.2. The first-order valence-electron chi connectivity index (χ1n) is 12.5. The monoisotopic (exact) mass is 501 g/mol. The molecule has 4 rings (SSSR count). The van der Waals surface area contributed by atoms with Gasteiger partial charge in [-0.1, -0.05) is 42.5 Å². The van der Waals surface area contributed by atoms with Gasteiger partial charge in [-0.2, -0.15) is 0 Å². The summed E-state index contributed by atoms with van der Waals surface area (Å²) in [6, 6.07) is 19.9. The van der Waals surface area contributed by atoms with Crippen molar-refractivity contribution >= 4 is 23.0 Å². The molecule has 0 saturated heterocycles. The van der Waals surface area contributed by atoms with Gasteiger partial charge < -0.3 is 19.4 Å². The molecule has 0 saturated carbocycles. The molecule has 0 atom stereocenters. The third kappa shape index (κ3) is 6.55. The largest absolute Gasteiger partial charge is 0.493 e. The van der Waals surface area contributed by atoms with Gasteiger partial charge in [0, 0.05) is 19.5 Å². The maximum Gasteiger partial charge on any atom is 0.254 e. The van der Waals surface area contributed by atoms with Crippen LogP contribution in [0.3, 0.4) is 0 Å². The van der Waals surface area contributed by atoms with Crippen molar-refractivity contribution < 1.29 is 18.7 Å². The molecule has 1 aromatic heterocycles. The Bertz CT molecular complexity index is 1380. The van der Waals surface area contributed by atoms with E-state index < -0.39 is 11.7 Å². The van der Waals surface area contributed by atoms with Crippen molar-refractivity contribution in [3.8, 4) is 11.5 Å². The van der Waals surface area contributed by atoms with Crippen LogP contribution in [-0.4, -0.2) is 35.7 Å². The number of carbonyl (C=O) groups excluding carboxylic acids is 1. The third-order valence-corrected chi connectivity index (χ3v) is 6.05. The van der Waals surface area contributed by atoms with Crippen LogP contribution >= 0.6 is 0 Å². The predicted octanol–water partition coefficient (Wildman–Crippen LogP) is 6.05. The number of nitrogens with zero attached hydrogens (tertiary/aromatic N) is 2. The molecule has 0 spiro atoms. The minimum Gasteiger partial charge on any atom is -0.493 e. The SMILES string of the molecule is C/C=C/c1ccc(OCCCn2c(CCCNC(=O)c3ccccc3F)nc3ccccc32)c(OC)c1. The second kappa shape index (κ2) is 12.7. The summed E-state index contributed by atoms with van der Waals surface area (Å²) in [6.07, 6.45) is 6.17. The quantitative estimate of drug-likeness (QED) is 0.240. The van der Waals surface area contributed by atoms with E-state index >= 15 is 0 Å². The van der Waals surface area contributed by atoms with Crippen LogP contribution in [0.15, 0.2) is 72.8 Å². The second-order valence-electron chi connectivity index (χ2n) is 8.62. The molecule has 0 aliphatic heterocycles. The molecule has 0 aliphatic rings. The molecular weight excluding hydrogens is 469 g/mol. The molecule has 7 heteroatoms. The lowest BCUT2D eigenvalue weighted by Gasteiger charge is -2.13. The molecule has 37 heavy (non-hydrogen) atoms. The number of para-hydroxylation sites is 2. The van der Waals surface area contributed by atoms with Crippen molar-refractivity contribution in [2.24, 2.45) is 0 Å². The second-order valence-corrected chi connectivity index (χ2v) is 8.62. The first-order valence-corrected chi connectivity index (χ1v) is 12.5. The molecule has 0 unspecified atom stereocenters. The Morgan fingerprint density at radius 1 is 1.05 bits per heavy atom. The maximum absolute atomic E-state index is 13.8. The van der Waals surface area contributed by atoms with Crippen molar-refractivity contribution in [2.75, 3.05) is 20.3 Å². The molecular formula is C30H32FN3O3. The fourth-order valence-corrected chi connectivity index (χ4v) is 4.26. The van der Waals surface area contributed by atoms with Gasteiger partial charge in [0.2, 0.25) is 0 Å². The Hall–Kier alpha value is -4.13. The molecule has 192 valence electrons. The predicted molar refractivity (Wildman–Crippen MR) is 145 cm³/mol. The number of hydrogen-bond acceptors (Lipinski definition) is 4. The number of methoxy groups -OCH3 is 1. The highest BCUT2D eigenvalue weighted by Gasteiger charge is 2.13. The number of halogens is 1. The Labute approximate surface area is 216 Å². The van der Waals surface area contributed by atoms with E-state index in [1.165, 1.54) is 12.1 Å². The van der Waals surface area contributed by atoms with Crippen LogP contribution in [0.1, 0.15) is 41.5 Å². The van der Waals surface area contributed by atoms with Crippen molar-refractivity contribution in [3.05, 3.63) is 95.6 Å². The summed E-state index contributed by atoms with van der Waals surface area (Å²) in [4.78, 5) is 17.1. The summed E-state index contributed by atoms with van der Waals surface area (Å²) < 4.78 is 27.6. The van der Waals surface area contributed by atoms with Gasteiger partial charge in [0.15, 0.2) is 11.5 Å². The number of benzene rings is 3. The van der Waals surface area contributed by atoms with Gasteiger partial charge in [0.1, 0.15) is 11.6 Å². The van der Waals surface area contributed by atoms with Gasteiger partial charge in [-0.3, -0.25) is 4.79 Å². The van der Waals surface area contributed by atoms with E-state index in [0.717, 1.165) is 41.1 Å². The maximum atomic E-state index is 13.8. The summed E-state index contributed by atoms with van der Waals surface area (Å²) in [5.74, 6) is 1.46. The number of hydrogen-bond donors (Lipinski definition) is 1. The Balaban J connectivity index is 1.34. The van der Waals surface area contributed by atoms with Gasteiger partial charge in [-0.05, 0) is 61.7 Å². The van der Waals surface area contributed by atoms with Gasteiger partial charge in [0.25, 0.3) is 5.91 Å². The number of rotatable bonds is 12. The highest BCUT2D eigenvalue weighted by Crippen LogP contribution is 2.29. The number of imidazole rings is 1. The van der Waals surface area contributed by atoms with Crippen molar-refractivity contribution in [3.63, 3.8) is 0 Å².